The number of benzene rings is 1. The number of piperazine rings is 1. The van der Waals surface area contributed by atoms with Gasteiger partial charge < -0.3 is 9.64 Å². The Bertz CT molecular complexity index is 844. The molecule has 0 bridgehead atoms. The SMILES string of the molecule is CCOc1ccc(S(=O)(=O)[C@H]2CS(=O)(=O)C[C@@H]2N2CCN(CC)CC2)cc1. The summed E-state index contributed by atoms with van der Waals surface area (Å²) < 4.78 is 56.4. The topological polar surface area (TPSA) is 84.0 Å². The Labute approximate surface area is 162 Å². The fourth-order valence-electron chi connectivity index (χ4n) is 3.91. The van der Waals surface area contributed by atoms with Gasteiger partial charge in [-0.15, -0.1) is 0 Å². The van der Waals surface area contributed by atoms with Gasteiger partial charge in [-0.1, -0.05) is 6.92 Å². The monoisotopic (exact) mass is 416 g/mol. The summed E-state index contributed by atoms with van der Waals surface area (Å²) in [5.74, 6) is 0.212. The van der Waals surface area contributed by atoms with Gasteiger partial charge >= 0.3 is 0 Å². The van der Waals surface area contributed by atoms with Crippen LogP contribution >= 0.6 is 0 Å². The number of nitrogens with zero attached hydrogens (tertiary/aromatic N) is 2. The van der Waals surface area contributed by atoms with Crippen LogP contribution in [0, 0.1) is 0 Å². The minimum atomic E-state index is -3.75. The van der Waals surface area contributed by atoms with Gasteiger partial charge in [0.1, 0.15) is 5.75 Å². The summed E-state index contributed by atoms with van der Waals surface area (Å²) in [6, 6.07) is 5.78. The Morgan fingerprint density at radius 1 is 1.04 bits per heavy atom. The van der Waals surface area contributed by atoms with Crippen LogP contribution in [0.25, 0.3) is 0 Å². The van der Waals surface area contributed by atoms with E-state index in [1.807, 2.05) is 11.8 Å². The zero-order valence-electron chi connectivity index (χ0n) is 15.9. The molecule has 2 fully saturated rings. The molecule has 9 heteroatoms. The molecule has 0 unspecified atom stereocenters. The van der Waals surface area contributed by atoms with Crippen molar-refractivity contribution in [2.45, 2.75) is 30.0 Å². The van der Waals surface area contributed by atoms with E-state index in [0.29, 0.717) is 25.4 Å². The predicted octanol–water partition coefficient (Wildman–Crippen LogP) is 0.662. The second-order valence-corrected chi connectivity index (χ2v) is 11.4. The largest absolute Gasteiger partial charge is 0.494 e. The van der Waals surface area contributed by atoms with Crippen molar-refractivity contribution in [1.29, 1.82) is 0 Å². The smallest absolute Gasteiger partial charge is 0.183 e. The molecular weight excluding hydrogens is 388 g/mol. The molecule has 7 nitrogen and oxygen atoms in total. The molecule has 1 aromatic carbocycles. The fourth-order valence-corrected chi connectivity index (χ4v) is 8.74. The molecule has 0 amide bonds. The average molecular weight is 417 g/mol. The van der Waals surface area contributed by atoms with Crippen LogP contribution in [-0.2, 0) is 19.7 Å². The summed E-state index contributed by atoms with van der Waals surface area (Å²) in [6.07, 6.45) is 0. The van der Waals surface area contributed by atoms with Crippen molar-refractivity contribution in [3.63, 3.8) is 0 Å². The summed E-state index contributed by atoms with van der Waals surface area (Å²) in [5.41, 5.74) is 0. The Morgan fingerprint density at radius 2 is 1.67 bits per heavy atom. The van der Waals surface area contributed by atoms with Crippen LogP contribution in [0.4, 0.5) is 0 Å². The Morgan fingerprint density at radius 3 is 2.22 bits per heavy atom. The molecule has 2 aliphatic heterocycles. The number of hydrogen-bond acceptors (Lipinski definition) is 7. The standard InChI is InChI=1S/C18H28N2O5S2/c1-3-19-9-11-20(12-10-19)17-13-26(21,22)14-18(17)27(23,24)16-7-5-15(6-8-16)25-4-2/h5-8,17-18H,3-4,9-14H2,1-2H3/t17-,18-/m0/s1. The predicted molar refractivity (Wildman–Crippen MR) is 105 cm³/mol. The van der Waals surface area contributed by atoms with E-state index in [2.05, 4.69) is 11.8 Å². The lowest BCUT2D eigenvalue weighted by Crippen LogP contribution is -2.54. The zero-order valence-corrected chi connectivity index (χ0v) is 17.5. The van der Waals surface area contributed by atoms with Crippen molar-refractivity contribution in [3.8, 4) is 5.75 Å². The second-order valence-electron chi connectivity index (χ2n) is 7.10. The first-order valence-electron chi connectivity index (χ1n) is 9.40. The molecule has 0 aliphatic carbocycles. The van der Waals surface area contributed by atoms with E-state index in [1.165, 1.54) is 12.1 Å². The number of ether oxygens (including phenoxy) is 1. The first kappa shape index (κ1) is 20.6. The van der Waals surface area contributed by atoms with Crippen molar-refractivity contribution in [1.82, 2.24) is 9.80 Å². The lowest BCUT2D eigenvalue weighted by molar-refractivity contribution is 0.109. The highest BCUT2D eigenvalue weighted by Gasteiger charge is 2.48. The van der Waals surface area contributed by atoms with E-state index in [4.69, 9.17) is 4.74 Å². The number of rotatable bonds is 6. The van der Waals surface area contributed by atoms with Gasteiger partial charge in [0.25, 0.3) is 0 Å². The van der Waals surface area contributed by atoms with Gasteiger partial charge in [-0.25, -0.2) is 16.8 Å². The molecule has 27 heavy (non-hydrogen) atoms. The van der Waals surface area contributed by atoms with Gasteiger partial charge in [0.2, 0.25) is 0 Å². The van der Waals surface area contributed by atoms with Crippen molar-refractivity contribution >= 4 is 19.7 Å². The lowest BCUT2D eigenvalue weighted by atomic mass is 10.2. The van der Waals surface area contributed by atoms with Crippen molar-refractivity contribution in [2.75, 3.05) is 50.8 Å². The van der Waals surface area contributed by atoms with Crippen LogP contribution in [0.1, 0.15) is 13.8 Å². The molecule has 3 rings (SSSR count). The highest BCUT2D eigenvalue weighted by atomic mass is 32.2. The fraction of sp³-hybridized carbons (Fsp3) is 0.667. The van der Waals surface area contributed by atoms with Crippen molar-refractivity contribution < 1.29 is 21.6 Å². The molecule has 0 aromatic heterocycles. The van der Waals surface area contributed by atoms with Gasteiger partial charge in [0.15, 0.2) is 19.7 Å². The molecule has 152 valence electrons. The summed E-state index contributed by atoms with van der Waals surface area (Å²) in [6.45, 7) is 8.47. The first-order valence-corrected chi connectivity index (χ1v) is 12.8. The number of sulfone groups is 2. The number of hydrogen-bond donors (Lipinski definition) is 0. The van der Waals surface area contributed by atoms with E-state index in [0.717, 1.165) is 19.6 Å². The summed E-state index contributed by atoms with van der Waals surface area (Å²) in [5, 5.41) is -0.923. The maximum atomic E-state index is 13.2. The van der Waals surface area contributed by atoms with Crippen molar-refractivity contribution in [2.24, 2.45) is 0 Å². The third-order valence-corrected chi connectivity index (χ3v) is 9.59. The molecule has 2 heterocycles. The molecule has 2 saturated heterocycles. The normalized spacial score (nSPS) is 26.9. The molecule has 0 radical (unpaired) electrons. The van der Waals surface area contributed by atoms with Crippen molar-refractivity contribution in [3.05, 3.63) is 24.3 Å². The van der Waals surface area contributed by atoms with E-state index < -0.39 is 31.0 Å². The van der Waals surface area contributed by atoms with Crippen LogP contribution in [0.2, 0.25) is 0 Å². The summed E-state index contributed by atoms with van der Waals surface area (Å²) >= 11 is 0. The molecule has 1 aromatic rings. The van der Waals surface area contributed by atoms with E-state index in [9.17, 15) is 16.8 Å². The van der Waals surface area contributed by atoms with Crippen LogP contribution < -0.4 is 4.74 Å². The zero-order chi connectivity index (χ0) is 19.7. The highest BCUT2D eigenvalue weighted by Crippen LogP contribution is 2.30. The maximum Gasteiger partial charge on any atom is 0.183 e. The van der Waals surface area contributed by atoms with E-state index >= 15 is 0 Å². The molecule has 0 saturated carbocycles. The Hall–Kier alpha value is -1.16. The molecular formula is C18H28N2O5S2. The van der Waals surface area contributed by atoms with Crippen LogP contribution in [0.5, 0.6) is 5.75 Å². The third kappa shape index (κ3) is 4.47. The Balaban J connectivity index is 1.85. The second kappa shape index (κ2) is 8.06. The lowest BCUT2D eigenvalue weighted by Gasteiger charge is -2.38. The third-order valence-electron chi connectivity index (χ3n) is 5.46. The minimum Gasteiger partial charge on any atom is -0.494 e. The van der Waals surface area contributed by atoms with Gasteiger partial charge in [0, 0.05) is 32.2 Å². The Kier molecular flexibility index (Phi) is 6.14. The van der Waals surface area contributed by atoms with Crippen LogP contribution in [0.15, 0.2) is 29.2 Å². The van der Waals surface area contributed by atoms with E-state index in [1.54, 1.807) is 12.1 Å². The average Bonchev–Trinajstić information content (AvgIpc) is 2.99. The van der Waals surface area contributed by atoms with Crippen LogP contribution in [0.3, 0.4) is 0 Å². The van der Waals surface area contributed by atoms with E-state index in [-0.39, 0.29) is 16.4 Å². The molecule has 0 N–H and O–H groups in total. The van der Waals surface area contributed by atoms with Gasteiger partial charge in [-0.05, 0) is 37.7 Å². The molecule has 2 atom stereocenters. The van der Waals surface area contributed by atoms with Gasteiger partial charge in [-0.3, -0.25) is 4.90 Å². The number of likely N-dealkylation sites (N-methyl/N-ethyl adjacent to an activating group) is 1. The highest BCUT2D eigenvalue weighted by molar-refractivity contribution is 7.96. The molecule has 2 aliphatic rings. The van der Waals surface area contributed by atoms with Gasteiger partial charge in [0.05, 0.1) is 28.3 Å². The maximum absolute atomic E-state index is 13.2. The van der Waals surface area contributed by atoms with Crippen LogP contribution in [-0.4, -0.2) is 88.8 Å². The summed E-state index contributed by atoms with van der Waals surface area (Å²) in [7, 11) is -7.13. The first-order chi connectivity index (χ1) is 12.8. The van der Waals surface area contributed by atoms with Gasteiger partial charge in [-0.2, -0.15) is 0 Å². The summed E-state index contributed by atoms with van der Waals surface area (Å²) in [4.78, 5) is 4.49. The molecule has 0 spiro atoms. The quantitative estimate of drug-likeness (QED) is 0.674. The minimum absolute atomic E-state index is 0.0833.